The minimum absolute atomic E-state index is 0.106. The molecule has 13 rings (SSSR count). The molecule has 0 unspecified atom stereocenters. The number of pyridine rings is 4. The maximum absolute atomic E-state index is 4.94. The largest absolute Gasteiger partial charge is 0.253 e. The van der Waals surface area contributed by atoms with E-state index in [9.17, 15) is 0 Å². The van der Waals surface area contributed by atoms with Gasteiger partial charge in [-0.05, 0) is 190 Å². The zero-order valence-electron chi connectivity index (χ0n) is 41.0. The molecule has 0 amide bonds. The summed E-state index contributed by atoms with van der Waals surface area (Å²) in [5.74, 6) is 3.57. The zero-order chi connectivity index (χ0) is 48.6. The van der Waals surface area contributed by atoms with Crippen LogP contribution in [0, 0.1) is 0 Å². The highest BCUT2D eigenvalue weighted by Gasteiger charge is 2.44. The van der Waals surface area contributed by atoms with Crippen LogP contribution in [-0.4, -0.2) is 49.8 Å². The molecule has 6 aromatic heterocycles. The summed E-state index contributed by atoms with van der Waals surface area (Å²) in [7, 11) is 0. The Hall–Kier alpha value is -8.24. The first-order chi connectivity index (χ1) is 35.2. The first kappa shape index (κ1) is 43.8. The molecule has 1 aromatic carbocycles. The third-order valence-electron chi connectivity index (χ3n) is 15.6. The lowest BCUT2D eigenvalue weighted by atomic mass is 9.76. The topological polar surface area (TPSA) is 129 Å². The maximum atomic E-state index is 4.94. The van der Waals surface area contributed by atoms with Crippen LogP contribution in [0.1, 0.15) is 113 Å². The van der Waals surface area contributed by atoms with E-state index < -0.39 is 0 Å². The van der Waals surface area contributed by atoms with Crippen molar-refractivity contribution in [2.75, 3.05) is 0 Å². The van der Waals surface area contributed by atoms with Crippen LogP contribution in [0.4, 0.5) is 0 Å². The fourth-order valence-electron chi connectivity index (χ4n) is 11.7. The first-order valence-corrected chi connectivity index (χ1v) is 25.2. The second-order valence-electron chi connectivity index (χ2n) is 20.6. The summed E-state index contributed by atoms with van der Waals surface area (Å²) in [6.07, 6.45) is 28.9. The lowest BCUT2D eigenvalue weighted by molar-refractivity contribution is 0.639. The third kappa shape index (κ3) is 7.55. The summed E-state index contributed by atoms with van der Waals surface area (Å²) >= 11 is 0. The molecule has 0 saturated carbocycles. The monoisotopic (exact) mass is 936 g/mol. The number of allylic oxidation sites excluding steroid dienone is 16. The fraction of sp³-hybridized carbons (Fsp3) is 0.226. The summed E-state index contributed by atoms with van der Waals surface area (Å²) in [6, 6.07) is 28.4. The highest BCUT2D eigenvalue weighted by Crippen LogP contribution is 2.58. The summed E-state index contributed by atoms with van der Waals surface area (Å²) in [6.45, 7) is 9.75. The molecule has 0 fully saturated rings. The molecule has 0 atom stereocenters. The van der Waals surface area contributed by atoms with Crippen molar-refractivity contribution >= 4 is 22.3 Å². The van der Waals surface area contributed by atoms with Crippen molar-refractivity contribution in [1.82, 2.24) is 49.8 Å². The molecule has 7 aromatic rings. The number of hydrogen-bond acceptors (Lipinski definition) is 10. The molecule has 0 spiro atoms. The van der Waals surface area contributed by atoms with E-state index in [0.717, 1.165) is 62.5 Å². The zero-order valence-corrected chi connectivity index (χ0v) is 41.0. The van der Waals surface area contributed by atoms with E-state index in [4.69, 9.17) is 29.9 Å². The van der Waals surface area contributed by atoms with Crippen LogP contribution in [0.3, 0.4) is 0 Å². The van der Waals surface area contributed by atoms with E-state index in [-0.39, 0.29) is 10.8 Å². The van der Waals surface area contributed by atoms with Crippen molar-refractivity contribution in [2.45, 2.75) is 89.9 Å². The minimum Gasteiger partial charge on any atom is -0.253 e. The second kappa shape index (κ2) is 17.3. The Morgan fingerprint density at radius 2 is 0.639 bits per heavy atom. The van der Waals surface area contributed by atoms with Gasteiger partial charge in [-0.15, -0.1) is 0 Å². The van der Waals surface area contributed by atoms with E-state index >= 15 is 0 Å². The van der Waals surface area contributed by atoms with Crippen LogP contribution in [0.5, 0.6) is 0 Å². The number of hydrogen-bond donors (Lipinski definition) is 0. The lowest BCUT2D eigenvalue weighted by Gasteiger charge is -2.27. The molecular formula is C62H52N10. The summed E-state index contributed by atoms with van der Waals surface area (Å²) in [5, 5.41) is 0. The Morgan fingerprint density at radius 3 is 0.944 bits per heavy atom. The van der Waals surface area contributed by atoms with Crippen LogP contribution in [0.2, 0.25) is 0 Å². The highest BCUT2D eigenvalue weighted by atomic mass is 15.1. The summed E-state index contributed by atoms with van der Waals surface area (Å²) < 4.78 is 0. The van der Waals surface area contributed by atoms with Gasteiger partial charge in [0.05, 0.1) is 0 Å². The van der Waals surface area contributed by atoms with Crippen molar-refractivity contribution in [2.24, 2.45) is 0 Å². The molecule has 6 heterocycles. The number of benzene rings is 1. The van der Waals surface area contributed by atoms with Gasteiger partial charge in [0.15, 0.2) is 34.9 Å². The van der Waals surface area contributed by atoms with Gasteiger partial charge in [-0.2, -0.15) is 0 Å². The Kier molecular flexibility index (Phi) is 10.5. The van der Waals surface area contributed by atoms with Crippen LogP contribution in [0.25, 0.3) is 68.4 Å². The molecule has 10 heteroatoms. The molecule has 350 valence electrons. The summed E-state index contributed by atoms with van der Waals surface area (Å²) in [5.41, 5.74) is 22.4. The van der Waals surface area contributed by atoms with Gasteiger partial charge in [0.25, 0.3) is 0 Å². The van der Waals surface area contributed by atoms with Gasteiger partial charge < -0.3 is 0 Å². The molecular weight excluding hydrogens is 885 g/mol. The maximum Gasteiger partial charge on any atom is 0.182 e. The Labute approximate surface area is 419 Å². The molecule has 6 aliphatic rings. The number of fused-ring (bicyclic) bond motifs is 4. The van der Waals surface area contributed by atoms with Crippen LogP contribution < -0.4 is 0 Å². The standard InChI is InChI=1S/C62H52N10/c1-61(2)47-33-41(37-17-21-39(22-18-37)55-67-57(51-13-5-9-29-63-51)71-58(68-55)52-14-6-10-30-64-52)25-27-43(47)45-36-50-46(35-49(45)61)44-28-26-42(34-48(44)62(50,3)4)38-19-23-40(24-20-38)56-69-59(53-15-7-11-31-65-53)72-60(70-56)54-16-8-12-32-66-54/h5-17,19,21,23,29-36H,18,20,22,24-28H2,1-4H3. The van der Waals surface area contributed by atoms with Crippen molar-refractivity contribution in [3.63, 3.8) is 0 Å². The van der Waals surface area contributed by atoms with Crippen LogP contribution in [-0.2, 0) is 10.8 Å². The minimum atomic E-state index is -0.106. The average Bonchev–Trinajstić information content (AvgIpc) is 3.81. The Morgan fingerprint density at radius 1 is 0.333 bits per heavy atom. The number of aromatic nitrogens is 10. The van der Waals surface area contributed by atoms with Crippen LogP contribution >= 0.6 is 0 Å². The Balaban J connectivity index is 0.772. The van der Waals surface area contributed by atoms with Gasteiger partial charge in [0, 0.05) is 35.6 Å². The van der Waals surface area contributed by atoms with Crippen LogP contribution in [0.15, 0.2) is 180 Å². The quantitative estimate of drug-likeness (QED) is 0.145. The van der Waals surface area contributed by atoms with Crippen molar-refractivity contribution < 1.29 is 0 Å². The first-order valence-electron chi connectivity index (χ1n) is 25.2. The molecule has 0 aliphatic heterocycles. The molecule has 72 heavy (non-hydrogen) atoms. The second-order valence-corrected chi connectivity index (χ2v) is 20.6. The highest BCUT2D eigenvalue weighted by molar-refractivity contribution is 5.91. The van der Waals surface area contributed by atoms with Crippen molar-refractivity contribution in [3.8, 4) is 46.1 Å². The van der Waals surface area contributed by atoms with Gasteiger partial charge in [-0.3, -0.25) is 19.9 Å². The average molecular weight is 937 g/mol. The SMILES string of the molecule is CC1(C)C2=C(CCC(C3=CC=C(c4nc(-c5ccccn5)nc(-c5ccccn5)n4)CC3)=C2)c2cc3c(cc21)C1=C(C=C(C2=CC=C(c4nc(-c5ccccn5)nc(-c5ccccn5)n4)CC2)CC1)C3(C)C. The van der Waals surface area contributed by atoms with Gasteiger partial charge in [0.1, 0.15) is 22.8 Å². The molecule has 6 aliphatic carbocycles. The third-order valence-corrected chi connectivity index (χ3v) is 15.6. The lowest BCUT2D eigenvalue weighted by Crippen LogP contribution is -2.19. The van der Waals surface area contributed by atoms with Gasteiger partial charge in [-0.25, -0.2) is 29.9 Å². The molecule has 0 saturated heterocycles. The van der Waals surface area contributed by atoms with Gasteiger partial charge in [0.2, 0.25) is 0 Å². The molecule has 0 radical (unpaired) electrons. The smallest absolute Gasteiger partial charge is 0.182 e. The number of rotatable bonds is 8. The van der Waals surface area contributed by atoms with E-state index in [1.807, 2.05) is 72.8 Å². The summed E-state index contributed by atoms with van der Waals surface area (Å²) in [4.78, 5) is 47.6. The Bertz CT molecular complexity index is 3290. The van der Waals surface area contributed by atoms with E-state index in [0.29, 0.717) is 57.7 Å². The normalized spacial score (nSPS) is 18.4. The number of nitrogens with zero attached hydrogens (tertiary/aromatic N) is 10. The van der Waals surface area contributed by atoms with E-state index in [1.54, 1.807) is 24.8 Å². The van der Waals surface area contributed by atoms with Crippen molar-refractivity contribution in [3.05, 3.63) is 214 Å². The molecule has 0 N–H and O–H groups in total. The molecule has 10 nitrogen and oxygen atoms in total. The van der Waals surface area contributed by atoms with Gasteiger partial charge in [-0.1, -0.05) is 88.4 Å². The fourth-order valence-corrected chi connectivity index (χ4v) is 11.7. The van der Waals surface area contributed by atoms with Gasteiger partial charge >= 0.3 is 0 Å². The predicted octanol–water partition coefficient (Wildman–Crippen LogP) is 13.4. The predicted molar refractivity (Wildman–Crippen MR) is 284 cm³/mol. The van der Waals surface area contributed by atoms with E-state index in [2.05, 4.69) is 96.2 Å². The van der Waals surface area contributed by atoms with Crippen molar-refractivity contribution in [1.29, 1.82) is 0 Å². The van der Waals surface area contributed by atoms with E-state index in [1.165, 1.54) is 66.8 Å². The molecule has 0 bridgehead atoms.